The van der Waals surface area contributed by atoms with Gasteiger partial charge in [0.25, 0.3) is 0 Å². The summed E-state index contributed by atoms with van der Waals surface area (Å²) in [5, 5.41) is 3.14. The van der Waals surface area contributed by atoms with Gasteiger partial charge in [0.1, 0.15) is 0 Å². The van der Waals surface area contributed by atoms with Gasteiger partial charge in [-0.2, -0.15) is 0 Å². The molecule has 0 spiro atoms. The fourth-order valence-electron chi connectivity index (χ4n) is 1.91. The molecule has 1 unspecified atom stereocenters. The molecular formula is C10H16N2O2S2. The Kier molecular flexibility index (Phi) is 3.34. The van der Waals surface area contributed by atoms with Crippen LogP contribution in [-0.4, -0.2) is 27.5 Å². The molecule has 0 amide bonds. The molecule has 2 N–H and O–H groups in total. The first kappa shape index (κ1) is 12.0. The molecule has 0 saturated carbocycles. The predicted molar refractivity (Wildman–Crippen MR) is 65.4 cm³/mol. The van der Waals surface area contributed by atoms with E-state index in [1.165, 1.54) is 11.3 Å². The van der Waals surface area contributed by atoms with Gasteiger partial charge in [-0.15, -0.1) is 11.3 Å². The molecule has 0 radical (unpaired) electrons. The molecule has 16 heavy (non-hydrogen) atoms. The first-order valence-corrected chi connectivity index (χ1v) is 7.59. The van der Waals surface area contributed by atoms with E-state index in [0.29, 0.717) is 4.90 Å². The summed E-state index contributed by atoms with van der Waals surface area (Å²) >= 11 is 1.52. The molecule has 0 bridgehead atoms. The topological polar surface area (TPSA) is 58.2 Å². The number of nitrogens with one attached hydrogen (secondary N) is 2. The van der Waals surface area contributed by atoms with Gasteiger partial charge in [-0.3, -0.25) is 0 Å². The van der Waals surface area contributed by atoms with Crippen LogP contribution in [0.5, 0.6) is 0 Å². The summed E-state index contributed by atoms with van der Waals surface area (Å²) in [4.78, 5) is 2.32. The zero-order valence-corrected chi connectivity index (χ0v) is 11.0. The van der Waals surface area contributed by atoms with Crippen molar-refractivity contribution in [3.63, 3.8) is 0 Å². The molecule has 6 heteroatoms. The highest BCUT2D eigenvalue weighted by Crippen LogP contribution is 2.25. The molecule has 2 heterocycles. The second kappa shape index (κ2) is 4.44. The number of aryl methyl sites for hydroxylation is 2. The molecular weight excluding hydrogens is 244 g/mol. The molecule has 1 saturated heterocycles. The lowest BCUT2D eigenvalue weighted by molar-refractivity contribution is 0.560. The summed E-state index contributed by atoms with van der Waals surface area (Å²) in [6.07, 6.45) is 0.862. The molecule has 4 nitrogen and oxygen atoms in total. The van der Waals surface area contributed by atoms with Crippen molar-refractivity contribution in [3.8, 4) is 0 Å². The van der Waals surface area contributed by atoms with Crippen molar-refractivity contribution >= 4 is 21.4 Å². The maximum absolute atomic E-state index is 12.1. The zero-order chi connectivity index (χ0) is 11.8. The third kappa shape index (κ3) is 2.45. The van der Waals surface area contributed by atoms with Crippen molar-refractivity contribution in [2.75, 3.05) is 13.1 Å². The van der Waals surface area contributed by atoms with E-state index in [9.17, 15) is 8.42 Å². The second-order valence-electron chi connectivity index (χ2n) is 4.09. The normalized spacial score (nSPS) is 21.5. The monoisotopic (exact) mass is 260 g/mol. The maximum atomic E-state index is 12.1. The van der Waals surface area contributed by atoms with Crippen LogP contribution in [-0.2, 0) is 10.0 Å². The van der Waals surface area contributed by atoms with Crippen molar-refractivity contribution in [1.29, 1.82) is 0 Å². The van der Waals surface area contributed by atoms with E-state index in [2.05, 4.69) is 10.0 Å². The second-order valence-corrected chi connectivity index (χ2v) is 7.23. The van der Waals surface area contributed by atoms with Gasteiger partial charge in [0.05, 0.1) is 4.90 Å². The summed E-state index contributed by atoms with van der Waals surface area (Å²) in [5.74, 6) is 0. The van der Waals surface area contributed by atoms with Gasteiger partial charge in [0, 0.05) is 22.3 Å². The summed E-state index contributed by atoms with van der Waals surface area (Å²) in [5.41, 5.74) is 0. The first-order chi connectivity index (χ1) is 7.49. The molecule has 0 aromatic carbocycles. The van der Waals surface area contributed by atoms with Crippen molar-refractivity contribution in [3.05, 3.63) is 15.8 Å². The van der Waals surface area contributed by atoms with Crippen LogP contribution in [0.2, 0.25) is 0 Å². The standard InChI is InChI=1S/C10H16N2O2S2/c1-7-5-10(8(2)15-7)16(13,14)12-9-3-4-11-6-9/h5,9,11-12H,3-4,6H2,1-2H3. The van der Waals surface area contributed by atoms with Crippen molar-refractivity contribution in [2.45, 2.75) is 31.2 Å². The SMILES string of the molecule is Cc1cc(S(=O)(=O)NC2CCNC2)c(C)s1. The van der Waals surface area contributed by atoms with Gasteiger partial charge in [-0.05, 0) is 32.9 Å². The Morgan fingerprint density at radius 1 is 1.50 bits per heavy atom. The highest BCUT2D eigenvalue weighted by molar-refractivity contribution is 7.89. The summed E-state index contributed by atoms with van der Waals surface area (Å²) < 4.78 is 26.9. The smallest absolute Gasteiger partial charge is 0.241 e. The Labute approximate surface area is 100 Å². The van der Waals surface area contributed by atoms with Crippen LogP contribution >= 0.6 is 11.3 Å². The lowest BCUT2D eigenvalue weighted by Gasteiger charge is -2.11. The first-order valence-electron chi connectivity index (χ1n) is 5.29. The number of rotatable bonds is 3. The molecule has 2 rings (SSSR count). The number of hydrogen-bond acceptors (Lipinski definition) is 4. The fraction of sp³-hybridized carbons (Fsp3) is 0.600. The summed E-state index contributed by atoms with van der Waals surface area (Å²) in [6.45, 7) is 5.38. The van der Waals surface area contributed by atoms with Gasteiger partial charge in [0.15, 0.2) is 0 Å². The van der Waals surface area contributed by atoms with Crippen LogP contribution in [0.3, 0.4) is 0 Å². The van der Waals surface area contributed by atoms with E-state index in [1.807, 2.05) is 13.8 Å². The minimum Gasteiger partial charge on any atom is -0.315 e. The van der Waals surface area contributed by atoms with Crippen LogP contribution in [0.15, 0.2) is 11.0 Å². The Morgan fingerprint density at radius 3 is 2.75 bits per heavy atom. The van der Waals surface area contributed by atoms with Crippen LogP contribution in [0, 0.1) is 13.8 Å². The van der Waals surface area contributed by atoms with Crippen LogP contribution < -0.4 is 10.0 Å². The van der Waals surface area contributed by atoms with Gasteiger partial charge in [-0.1, -0.05) is 0 Å². The van der Waals surface area contributed by atoms with E-state index in [4.69, 9.17) is 0 Å². The van der Waals surface area contributed by atoms with Gasteiger partial charge >= 0.3 is 0 Å². The molecule has 1 fully saturated rings. The zero-order valence-electron chi connectivity index (χ0n) is 9.41. The molecule has 1 aromatic rings. The molecule has 1 aliphatic heterocycles. The largest absolute Gasteiger partial charge is 0.315 e. The van der Waals surface area contributed by atoms with E-state index in [1.54, 1.807) is 6.07 Å². The van der Waals surface area contributed by atoms with Crippen LogP contribution in [0.4, 0.5) is 0 Å². The molecule has 0 aliphatic carbocycles. The Hall–Kier alpha value is -0.430. The number of thiophene rings is 1. The average molecular weight is 260 g/mol. The van der Waals surface area contributed by atoms with E-state index in [0.717, 1.165) is 29.3 Å². The minimum atomic E-state index is -3.33. The number of sulfonamides is 1. The molecule has 1 aliphatic rings. The minimum absolute atomic E-state index is 0.0320. The summed E-state index contributed by atoms with van der Waals surface area (Å²) in [6, 6.07) is 1.77. The van der Waals surface area contributed by atoms with E-state index < -0.39 is 10.0 Å². The molecule has 1 aromatic heterocycles. The van der Waals surface area contributed by atoms with E-state index in [-0.39, 0.29) is 6.04 Å². The quantitative estimate of drug-likeness (QED) is 0.852. The Balaban J connectivity index is 2.21. The summed E-state index contributed by atoms with van der Waals surface area (Å²) in [7, 11) is -3.33. The van der Waals surface area contributed by atoms with Crippen LogP contribution in [0.25, 0.3) is 0 Å². The van der Waals surface area contributed by atoms with Gasteiger partial charge < -0.3 is 5.32 Å². The molecule has 1 atom stereocenters. The lowest BCUT2D eigenvalue weighted by atomic mass is 10.3. The van der Waals surface area contributed by atoms with Crippen molar-refractivity contribution in [2.24, 2.45) is 0 Å². The third-order valence-electron chi connectivity index (χ3n) is 2.67. The predicted octanol–water partition coefficient (Wildman–Crippen LogP) is 1.01. The maximum Gasteiger partial charge on any atom is 0.241 e. The van der Waals surface area contributed by atoms with Crippen molar-refractivity contribution in [1.82, 2.24) is 10.0 Å². The van der Waals surface area contributed by atoms with E-state index >= 15 is 0 Å². The van der Waals surface area contributed by atoms with Crippen molar-refractivity contribution < 1.29 is 8.42 Å². The van der Waals surface area contributed by atoms with Crippen LogP contribution in [0.1, 0.15) is 16.2 Å². The Bertz CT molecular complexity index is 473. The highest BCUT2D eigenvalue weighted by atomic mass is 32.2. The third-order valence-corrected chi connectivity index (χ3v) is 5.41. The highest BCUT2D eigenvalue weighted by Gasteiger charge is 2.24. The molecule has 90 valence electrons. The van der Waals surface area contributed by atoms with Gasteiger partial charge in [-0.25, -0.2) is 13.1 Å². The fourth-order valence-corrected chi connectivity index (χ4v) is 4.74. The van der Waals surface area contributed by atoms with Gasteiger partial charge in [0.2, 0.25) is 10.0 Å². The Morgan fingerprint density at radius 2 is 2.25 bits per heavy atom. The lowest BCUT2D eigenvalue weighted by Crippen LogP contribution is -2.36. The average Bonchev–Trinajstić information content (AvgIpc) is 2.75. The number of hydrogen-bond donors (Lipinski definition) is 2.